The standard InChI is InChI=1S/C20H23FN2O3/c1-3-11-23(20(25)13-15-7-6-8-16(21)12-15)14-19(24)22-17-9-4-5-10-18(17)26-2/h4-10,12H,3,11,13-14H2,1-2H3,(H,22,24). The van der Waals surface area contributed by atoms with Crippen molar-refractivity contribution < 1.29 is 18.7 Å². The Bertz CT molecular complexity index is 764. The highest BCUT2D eigenvalue weighted by Gasteiger charge is 2.18. The first-order chi connectivity index (χ1) is 12.5. The smallest absolute Gasteiger partial charge is 0.244 e. The molecule has 5 nitrogen and oxygen atoms in total. The van der Waals surface area contributed by atoms with Crippen molar-refractivity contribution in [1.82, 2.24) is 4.90 Å². The van der Waals surface area contributed by atoms with Gasteiger partial charge in [-0.3, -0.25) is 9.59 Å². The van der Waals surface area contributed by atoms with Crippen molar-refractivity contribution in [2.24, 2.45) is 0 Å². The summed E-state index contributed by atoms with van der Waals surface area (Å²) >= 11 is 0. The number of carbonyl (C=O) groups is 2. The third-order valence-electron chi connectivity index (χ3n) is 3.81. The molecule has 0 aliphatic carbocycles. The predicted molar refractivity (Wildman–Crippen MR) is 98.6 cm³/mol. The lowest BCUT2D eigenvalue weighted by Crippen LogP contribution is -2.39. The molecule has 0 aromatic heterocycles. The molecule has 0 aliphatic rings. The van der Waals surface area contributed by atoms with Gasteiger partial charge in [-0.05, 0) is 36.2 Å². The molecule has 0 atom stereocenters. The molecule has 26 heavy (non-hydrogen) atoms. The van der Waals surface area contributed by atoms with Gasteiger partial charge in [0.2, 0.25) is 11.8 Å². The second-order valence-corrected chi connectivity index (χ2v) is 5.87. The fraction of sp³-hybridized carbons (Fsp3) is 0.300. The minimum absolute atomic E-state index is 0.0553. The molecule has 0 radical (unpaired) electrons. The first kappa shape index (κ1) is 19.4. The Hall–Kier alpha value is -2.89. The lowest BCUT2D eigenvalue weighted by Gasteiger charge is -2.22. The van der Waals surface area contributed by atoms with Gasteiger partial charge in [0.25, 0.3) is 0 Å². The first-order valence-corrected chi connectivity index (χ1v) is 8.48. The Morgan fingerprint density at radius 3 is 2.62 bits per heavy atom. The second-order valence-electron chi connectivity index (χ2n) is 5.87. The predicted octanol–water partition coefficient (Wildman–Crippen LogP) is 3.25. The summed E-state index contributed by atoms with van der Waals surface area (Å²) < 4.78 is 18.5. The zero-order valence-electron chi connectivity index (χ0n) is 15.0. The topological polar surface area (TPSA) is 58.6 Å². The van der Waals surface area contributed by atoms with Crippen LogP contribution in [0.4, 0.5) is 10.1 Å². The Kier molecular flexibility index (Phi) is 7.14. The maximum Gasteiger partial charge on any atom is 0.244 e. The number of nitrogens with one attached hydrogen (secondary N) is 1. The lowest BCUT2D eigenvalue weighted by molar-refractivity contribution is -0.134. The monoisotopic (exact) mass is 358 g/mol. The molecule has 1 N–H and O–H groups in total. The highest BCUT2D eigenvalue weighted by Crippen LogP contribution is 2.22. The number of anilines is 1. The minimum atomic E-state index is -0.383. The number of hydrogen-bond donors (Lipinski definition) is 1. The summed E-state index contributed by atoms with van der Waals surface area (Å²) in [5, 5.41) is 2.76. The van der Waals surface area contributed by atoms with Gasteiger partial charge in [-0.15, -0.1) is 0 Å². The van der Waals surface area contributed by atoms with Gasteiger partial charge in [-0.1, -0.05) is 31.2 Å². The molecule has 0 saturated carbocycles. The summed E-state index contributed by atoms with van der Waals surface area (Å²) in [7, 11) is 1.52. The van der Waals surface area contributed by atoms with Gasteiger partial charge in [0.15, 0.2) is 0 Å². The first-order valence-electron chi connectivity index (χ1n) is 8.48. The van der Waals surface area contributed by atoms with Crippen LogP contribution in [0, 0.1) is 5.82 Å². The summed E-state index contributed by atoms with van der Waals surface area (Å²) in [5.74, 6) is -0.358. The van der Waals surface area contributed by atoms with Crippen LogP contribution in [0.15, 0.2) is 48.5 Å². The van der Waals surface area contributed by atoms with Crippen LogP contribution < -0.4 is 10.1 Å². The molecule has 0 aliphatic heterocycles. The van der Waals surface area contributed by atoms with E-state index in [9.17, 15) is 14.0 Å². The van der Waals surface area contributed by atoms with Crippen molar-refractivity contribution in [3.63, 3.8) is 0 Å². The van der Waals surface area contributed by atoms with E-state index in [1.807, 2.05) is 6.92 Å². The van der Waals surface area contributed by atoms with Crippen LogP contribution in [0.25, 0.3) is 0 Å². The van der Waals surface area contributed by atoms with E-state index in [0.717, 1.165) is 6.42 Å². The number of halogens is 1. The molecule has 0 fully saturated rings. The van der Waals surface area contributed by atoms with E-state index in [1.165, 1.54) is 24.1 Å². The summed E-state index contributed by atoms with van der Waals surface area (Å²) in [5.41, 5.74) is 1.13. The van der Waals surface area contributed by atoms with Gasteiger partial charge in [0.05, 0.1) is 25.8 Å². The van der Waals surface area contributed by atoms with Crippen LogP contribution in [0.2, 0.25) is 0 Å². The molecule has 0 saturated heterocycles. The molecular formula is C20H23FN2O3. The number of ether oxygens (including phenoxy) is 1. The van der Waals surface area contributed by atoms with Crippen LogP contribution in [0.3, 0.4) is 0 Å². The minimum Gasteiger partial charge on any atom is -0.495 e. The van der Waals surface area contributed by atoms with E-state index >= 15 is 0 Å². The summed E-state index contributed by atoms with van der Waals surface area (Å²) in [4.78, 5) is 26.4. The zero-order chi connectivity index (χ0) is 18.9. The summed E-state index contributed by atoms with van der Waals surface area (Å²) in [6.07, 6.45) is 0.774. The van der Waals surface area contributed by atoms with E-state index in [0.29, 0.717) is 23.5 Å². The van der Waals surface area contributed by atoms with E-state index in [2.05, 4.69) is 5.32 Å². The van der Waals surface area contributed by atoms with E-state index < -0.39 is 0 Å². The maximum atomic E-state index is 13.3. The fourth-order valence-corrected chi connectivity index (χ4v) is 2.61. The number of carbonyl (C=O) groups excluding carboxylic acids is 2. The number of rotatable bonds is 8. The lowest BCUT2D eigenvalue weighted by atomic mass is 10.1. The van der Waals surface area contributed by atoms with E-state index in [4.69, 9.17) is 4.74 Å². The van der Waals surface area contributed by atoms with E-state index in [1.54, 1.807) is 36.4 Å². The average molecular weight is 358 g/mol. The quantitative estimate of drug-likeness (QED) is 0.788. The van der Waals surface area contributed by atoms with Crippen molar-refractivity contribution in [1.29, 1.82) is 0 Å². The van der Waals surface area contributed by atoms with Crippen LogP contribution in [0.5, 0.6) is 5.75 Å². The molecule has 2 aromatic carbocycles. The van der Waals surface area contributed by atoms with Crippen molar-refractivity contribution in [2.75, 3.05) is 25.5 Å². The third-order valence-corrected chi connectivity index (χ3v) is 3.81. The SMILES string of the molecule is CCCN(CC(=O)Nc1ccccc1OC)C(=O)Cc1cccc(F)c1. The van der Waals surface area contributed by atoms with Crippen molar-refractivity contribution in [3.05, 3.63) is 59.9 Å². The molecule has 6 heteroatoms. The molecule has 2 amide bonds. The van der Waals surface area contributed by atoms with Gasteiger partial charge in [0, 0.05) is 6.54 Å². The molecule has 0 bridgehead atoms. The molecule has 0 heterocycles. The van der Waals surface area contributed by atoms with E-state index in [-0.39, 0.29) is 30.6 Å². The van der Waals surface area contributed by atoms with Crippen molar-refractivity contribution >= 4 is 17.5 Å². The number of amides is 2. The number of benzene rings is 2. The van der Waals surface area contributed by atoms with Crippen LogP contribution in [-0.2, 0) is 16.0 Å². The maximum absolute atomic E-state index is 13.3. The van der Waals surface area contributed by atoms with Crippen LogP contribution in [0.1, 0.15) is 18.9 Å². The van der Waals surface area contributed by atoms with Crippen molar-refractivity contribution in [2.45, 2.75) is 19.8 Å². The average Bonchev–Trinajstić information content (AvgIpc) is 2.61. The Morgan fingerprint density at radius 1 is 1.15 bits per heavy atom. The van der Waals surface area contributed by atoms with Crippen LogP contribution >= 0.6 is 0 Å². The Labute approximate surface area is 152 Å². The Morgan fingerprint density at radius 2 is 1.92 bits per heavy atom. The highest BCUT2D eigenvalue weighted by molar-refractivity contribution is 5.95. The Balaban J connectivity index is 2.02. The zero-order valence-corrected chi connectivity index (χ0v) is 15.0. The van der Waals surface area contributed by atoms with Gasteiger partial charge < -0.3 is 15.0 Å². The number of nitrogens with zero attached hydrogens (tertiary/aromatic N) is 1. The largest absolute Gasteiger partial charge is 0.495 e. The molecular weight excluding hydrogens is 335 g/mol. The van der Waals surface area contributed by atoms with Gasteiger partial charge in [-0.25, -0.2) is 4.39 Å². The van der Waals surface area contributed by atoms with Gasteiger partial charge in [0.1, 0.15) is 11.6 Å². The normalized spacial score (nSPS) is 10.3. The highest BCUT2D eigenvalue weighted by atomic mass is 19.1. The third kappa shape index (κ3) is 5.58. The molecule has 138 valence electrons. The fourth-order valence-electron chi connectivity index (χ4n) is 2.61. The van der Waals surface area contributed by atoms with Gasteiger partial charge in [-0.2, -0.15) is 0 Å². The summed E-state index contributed by atoms with van der Waals surface area (Å²) in [6.45, 7) is 2.31. The number of methoxy groups -OCH3 is 1. The second kappa shape index (κ2) is 9.56. The summed E-state index contributed by atoms with van der Waals surface area (Å²) in [6, 6.07) is 13.0. The number of para-hydroxylation sites is 2. The van der Waals surface area contributed by atoms with Crippen molar-refractivity contribution in [3.8, 4) is 5.75 Å². The molecule has 2 aromatic rings. The van der Waals surface area contributed by atoms with Crippen LogP contribution in [-0.4, -0.2) is 36.9 Å². The molecule has 2 rings (SSSR count). The molecule has 0 spiro atoms. The number of hydrogen-bond acceptors (Lipinski definition) is 3. The molecule has 0 unspecified atom stereocenters. The van der Waals surface area contributed by atoms with Gasteiger partial charge >= 0.3 is 0 Å².